The number of hydrogen-bond donors (Lipinski definition) is 0. The lowest BCUT2D eigenvalue weighted by molar-refractivity contribution is -0.151. The molecule has 2 heterocycles. The number of nitrogens with zero attached hydrogens (tertiary/aromatic N) is 2. The molecule has 1 amide bonds. The molecule has 1 aromatic carbocycles. The fraction of sp³-hybridized carbons (Fsp3) is 0.704. The average Bonchev–Trinajstić information content (AvgIpc) is 2.85. The van der Waals surface area contributed by atoms with E-state index in [9.17, 15) is 9.59 Å². The third kappa shape index (κ3) is 6.50. The van der Waals surface area contributed by atoms with Crippen molar-refractivity contribution in [2.24, 2.45) is 5.92 Å². The quantitative estimate of drug-likeness (QED) is 0.563. The van der Waals surface area contributed by atoms with Crippen LogP contribution in [0, 0.1) is 5.92 Å². The summed E-state index contributed by atoms with van der Waals surface area (Å²) < 4.78 is 11.6. The van der Waals surface area contributed by atoms with E-state index in [-0.39, 0.29) is 24.0 Å². The number of ether oxygens (including phenoxy) is 2. The Bertz CT molecular complexity index is 784. The third-order valence-corrected chi connectivity index (χ3v) is 7.47. The molecule has 3 fully saturated rings. The summed E-state index contributed by atoms with van der Waals surface area (Å²) in [6.07, 6.45) is 10.8. The molecule has 1 atom stereocenters. The lowest BCUT2D eigenvalue weighted by Crippen LogP contribution is -2.45. The first-order chi connectivity index (χ1) is 16.1. The Kier molecular flexibility index (Phi) is 8.65. The second-order valence-electron chi connectivity index (χ2n) is 9.86. The maximum absolute atomic E-state index is 12.8. The lowest BCUT2D eigenvalue weighted by atomic mass is 9.88. The van der Waals surface area contributed by atoms with Gasteiger partial charge in [0.25, 0.3) is 0 Å². The van der Waals surface area contributed by atoms with Crippen LogP contribution in [-0.2, 0) is 20.9 Å². The zero-order valence-corrected chi connectivity index (χ0v) is 20.2. The average molecular weight is 457 g/mol. The molecule has 182 valence electrons. The molecule has 0 spiro atoms. The van der Waals surface area contributed by atoms with Crippen LogP contribution in [0.2, 0.25) is 0 Å². The number of piperidine rings is 2. The van der Waals surface area contributed by atoms with E-state index in [1.165, 1.54) is 19.3 Å². The minimum Gasteiger partial charge on any atom is -0.490 e. The van der Waals surface area contributed by atoms with Gasteiger partial charge in [0.1, 0.15) is 17.9 Å². The largest absolute Gasteiger partial charge is 0.490 e. The third-order valence-electron chi connectivity index (χ3n) is 7.47. The van der Waals surface area contributed by atoms with Gasteiger partial charge < -0.3 is 14.4 Å². The number of esters is 1. The number of rotatable bonds is 7. The normalized spacial score (nSPS) is 23.3. The maximum atomic E-state index is 12.8. The standard InChI is InChI=1S/C27H40N2O4/c1-2-32-27(31)25-13-6-7-16-29(25)20-21-9-8-12-24(19-21)33-23-14-17-28(18-15-23)26(30)22-10-4-3-5-11-22/h8-9,12,19,22-23,25H,2-7,10-11,13-18,20H2,1H3/t25-/m1/s1. The first-order valence-corrected chi connectivity index (χ1v) is 13.1. The van der Waals surface area contributed by atoms with Gasteiger partial charge in [0, 0.05) is 38.4 Å². The first-order valence-electron chi connectivity index (χ1n) is 13.1. The highest BCUT2D eigenvalue weighted by Gasteiger charge is 2.31. The maximum Gasteiger partial charge on any atom is 0.323 e. The second-order valence-corrected chi connectivity index (χ2v) is 9.86. The Labute approximate surface area is 198 Å². The Morgan fingerprint density at radius 2 is 1.70 bits per heavy atom. The molecule has 33 heavy (non-hydrogen) atoms. The minimum atomic E-state index is -0.144. The van der Waals surface area contributed by atoms with Gasteiger partial charge in [0.15, 0.2) is 0 Å². The number of likely N-dealkylation sites (tertiary alicyclic amines) is 2. The molecule has 4 rings (SSSR count). The van der Waals surface area contributed by atoms with Crippen molar-refractivity contribution >= 4 is 11.9 Å². The fourth-order valence-electron chi connectivity index (χ4n) is 5.63. The monoisotopic (exact) mass is 456 g/mol. The van der Waals surface area contributed by atoms with Gasteiger partial charge >= 0.3 is 5.97 Å². The molecule has 0 aromatic heterocycles. The molecular weight excluding hydrogens is 416 g/mol. The summed E-state index contributed by atoms with van der Waals surface area (Å²) in [6.45, 7) is 5.54. The van der Waals surface area contributed by atoms with E-state index < -0.39 is 0 Å². The molecule has 0 N–H and O–H groups in total. The van der Waals surface area contributed by atoms with Crippen LogP contribution in [0.5, 0.6) is 5.75 Å². The molecule has 6 heteroatoms. The highest BCUT2D eigenvalue weighted by Crippen LogP contribution is 2.28. The van der Waals surface area contributed by atoms with E-state index in [2.05, 4.69) is 21.9 Å². The van der Waals surface area contributed by atoms with Gasteiger partial charge in [0.05, 0.1) is 6.61 Å². The van der Waals surface area contributed by atoms with Crippen molar-refractivity contribution in [3.8, 4) is 5.75 Å². The van der Waals surface area contributed by atoms with Crippen LogP contribution in [0.25, 0.3) is 0 Å². The fourth-order valence-corrected chi connectivity index (χ4v) is 5.63. The Balaban J connectivity index is 1.28. The van der Waals surface area contributed by atoms with Crippen LogP contribution in [0.4, 0.5) is 0 Å². The summed E-state index contributed by atoms with van der Waals surface area (Å²) in [4.78, 5) is 29.5. The van der Waals surface area contributed by atoms with Crippen LogP contribution in [0.15, 0.2) is 24.3 Å². The molecule has 1 saturated carbocycles. The van der Waals surface area contributed by atoms with E-state index in [0.29, 0.717) is 12.5 Å². The number of amides is 1. The molecule has 0 bridgehead atoms. The van der Waals surface area contributed by atoms with Gasteiger partial charge in [-0.2, -0.15) is 0 Å². The van der Waals surface area contributed by atoms with E-state index in [4.69, 9.17) is 9.47 Å². The molecule has 1 aromatic rings. The smallest absolute Gasteiger partial charge is 0.323 e. The van der Waals surface area contributed by atoms with Gasteiger partial charge in [0.2, 0.25) is 5.91 Å². The van der Waals surface area contributed by atoms with Crippen LogP contribution in [-0.4, -0.2) is 60.1 Å². The second kappa shape index (κ2) is 11.9. The molecule has 2 saturated heterocycles. The zero-order chi connectivity index (χ0) is 23.0. The van der Waals surface area contributed by atoms with Crippen molar-refractivity contribution in [2.45, 2.75) is 89.8 Å². The lowest BCUT2D eigenvalue weighted by Gasteiger charge is -2.35. The molecule has 3 aliphatic rings. The predicted octanol–water partition coefficient (Wildman–Crippen LogP) is 4.55. The van der Waals surface area contributed by atoms with Crippen molar-refractivity contribution in [1.29, 1.82) is 0 Å². The van der Waals surface area contributed by atoms with Crippen molar-refractivity contribution in [2.75, 3.05) is 26.2 Å². The molecule has 0 unspecified atom stereocenters. The van der Waals surface area contributed by atoms with Gasteiger partial charge in [-0.15, -0.1) is 0 Å². The SMILES string of the molecule is CCOC(=O)[C@H]1CCCCN1Cc1cccc(OC2CCN(C(=O)C3CCCCC3)CC2)c1. The Hall–Kier alpha value is -2.08. The zero-order valence-electron chi connectivity index (χ0n) is 20.2. The number of carbonyl (C=O) groups excluding carboxylic acids is 2. The Morgan fingerprint density at radius 3 is 2.45 bits per heavy atom. The predicted molar refractivity (Wildman–Crippen MR) is 128 cm³/mol. The van der Waals surface area contributed by atoms with Gasteiger partial charge in [-0.05, 0) is 56.8 Å². The number of benzene rings is 1. The van der Waals surface area contributed by atoms with Crippen molar-refractivity contribution in [3.63, 3.8) is 0 Å². The van der Waals surface area contributed by atoms with Crippen LogP contribution < -0.4 is 4.74 Å². The summed E-state index contributed by atoms with van der Waals surface area (Å²) in [5, 5.41) is 0. The highest BCUT2D eigenvalue weighted by atomic mass is 16.5. The number of hydrogen-bond acceptors (Lipinski definition) is 5. The summed E-state index contributed by atoms with van der Waals surface area (Å²) >= 11 is 0. The number of carbonyl (C=O) groups is 2. The van der Waals surface area contributed by atoms with Gasteiger partial charge in [-0.1, -0.05) is 37.8 Å². The van der Waals surface area contributed by atoms with Crippen molar-refractivity contribution in [3.05, 3.63) is 29.8 Å². The van der Waals surface area contributed by atoms with Crippen LogP contribution in [0.1, 0.15) is 76.7 Å². The van der Waals surface area contributed by atoms with Gasteiger partial charge in [-0.3, -0.25) is 14.5 Å². The van der Waals surface area contributed by atoms with Crippen molar-refractivity contribution in [1.82, 2.24) is 9.80 Å². The Morgan fingerprint density at radius 1 is 0.939 bits per heavy atom. The molecule has 6 nitrogen and oxygen atoms in total. The molecule has 1 aliphatic carbocycles. The van der Waals surface area contributed by atoms with Gasteiger partial charge in [-0.25, -0.2) is 0 Å². The molecular formula is C27H40N2O4. The summed E-state index contributed by atoms with van der Waals surface area (Å²) in [5.74, 6) is 1.40. The van der Waals surface area contributed by atoms with Crippen molar-refractivity contribution < 1.29 is 19.1 Å². The van der Waals surface area contributed by atoms with Crippen LogP contribution >= 0.6 is 0 Å². The first kappa shape index (κ1) is 24.1. The van der Waals surface area contributed by atoms with E-state index in [1.807, 2.05) is 19.1 Å². The summed E-state index contributed by atoms with van der Waals surface area (Å²) in [7, 11) is 0. The highest BCUT2D eigenvalue weighted by molar-refractivity contribution is 5.79. The van der Waals surface area contributed by atoms with E-state index in [1.54, 1.807) is 0 Å². The topological polar surface area (TPSA) is 59.1 Å². The summed E-state index contributed by atoms with van der Waals surface area (Å²) in [5.41, 5.74) is 1.16. The summed E-state index contributed by atoms with van der Waals surface area (Å²) in [6, 6.07) is 8.12. The van der Waals surface area contributed by atoms with E-state index >= 15 is 0 Å². The minimum absolute atomic E-state index is 0.0980. The molecule has 0 radical (unpaired) electrons. The molecule has 2 aliphatic heterocycles. The van der Waals surface area contributed by atoms with E-state index in [0.717, 1.165) is 82.4 Å². The van der Waals surface area contributed by atoms with Crippen LogP contribution in [0.3, 0.4) is 0 Å².